The van der Waals surface area contributed by atoms with Crippen molar-refractivity contribution in [3.63, 3.8) is 0 Å². The summed E-state index contributed by atoms with van der Waals surface area (Å²) in [5.74, 6) is -1.87. The molecule has 1 rings (SSSR count). The second kappa shape index (κ2) is 5.46. The van der Waals surface area contributed by atoms with Gasteiger partial charge in [0.2, 0.25) is 5.91 Å². The van der Waals surface area contributed by atoms with Crippen molar-refractivity contribution in [2.24, 2.45) is 17.6 Å². The van der Waals surface area contributed by atoms with E-state index in [2.05, 4.69) is 5.32 Å². The SMILES string of the molecule is CC(C)C(CNC(=O)C1(N)CCOC1)C(=O)O. The van der Waals surface area contributed by atoms with Gasteiger partial charge in [0.15, 0.2) is 0 Å². The third kappa shape index (κ3) is 3.41. The molecule has 0 aliphatic carbocycles. The molecule has 0 aromatic rings. The van der Waals surface area contributed by atoms with Gasteiger partial charge < -0.3 is 20.9 Å². The average molecular weight is 244 g/mol. The number of ether oxygens (including phenoxy) is 1. The first-order chi connectivity index (χ1) is 7.87. The van der Waals surface area contributed by atoms with Gasteiger partial charge in [0.05, 0.1) is 12.5 Å². The van der Waals surface area contributed by atoms with Crippen LogP contribution >= 0.6 is 0 Å². The van der Waals surface area contributed by atoms with Crippen molar-refractivity contribution in [1.82, 2.24) is 5.32 Å². The van der Waals surface area contributed by atoms with E-state index < -0.39 is 17.4 Å². The molecule has 1 heterocycles. The van der Waals surface area contributed by atoms with Crippen LogP contribution in [0.4, 0.5) is 0 Å². The van der Waals surface area contributed by atoms with E-state index in [0.717, 1.165) is 0 Å². The second-order valence-corrected chi connectivity index (χ2v) is 4.86. The van der Waals surface area contributed by atoms with Crippen LogP contribution in [0.5, 0.6) is 0 Å². The number of hydrogen-bond acceptors (Lipinski definition) is 4. The lowest BCUT2D eigenvalue weighted by Gasteiger charge is -2.23. The Morgan fingerprint density at radius 2 is 2.18 bits per heavy atom. The first-order valence-corrected chi connectivity index (χ1v) is 5.74. The van der Waals surface area contributed by atoms with E-state index in [4.69, 9.17) is 15.6 Å². The molecule has 4 N–H and O–H groups in total. The normalized spacial score (nSPS) is 25.9. The van der Waals surface area contributed by atoms with Crippen molar-refractivity contribution < 1.29 is 19.4 Å². The molecule has 6 heteroatoms. The molecule has 1 fully saturated rings. The van der Waals surface area contributed by atoms with Crippen molar-refractivity contribution in [2.45, 2.75) is 25.8 Å². The summed E-state index contributed by atoms with van der Waals surface area (Å²) in [7, 11) is 0. The predicted molar refractivity (Wildman–Crippen MR) is 61.3 cm³/mol. The van der Waals surface area contributed by atoms with E-state index in [0.29, 0.717) is 13.0 Å². The summed E-state index contributed by atoms with van der Waals surface area (Å²) in [5, 5.41) is 11.6. The lowest BCUT2D eigenvalue weighted by Crippen LogP contribution is -2.55. The Morgan fingerprint density at radius 1 is 1.53 bits per heavy atom. The molecule has 1 aliphatic heterocycles. The van der Waals surface area contributed by atoms with Crippen LogP contribution in [0, 0.1) is 11.8 Å². The van der Waals surface area contributed by atoms with Crippen molar-refractivity contribution in [3.05, 3.63) is 0 Å². The highest BCUT2D eigenvalue weighted by atomic mass is 16.5. The molecule has 1 amide bonds. The molecule has 0 spiro atoms. The third-order valence-corrected chi connectivity index (χ3v) is 3.11. The van der Waals surface area contributed by atoms with Crippen LogP contribution in [-0.4, -0.2) is 42.3 Å². The Labute approximate surface area is 101 Å². The maximum Gasteiger partial charge on any atom is 0.308 e. The Hall–Kier alpha value is -1.14. The smallest absolute Gasteiger partial charge is 0.308 e. The molecule has 0 aromatic heterocycles. The number of nitrogens with two attached hydrogens (primary N) is 1. The molecule has 0 aromatic carbocycles. The number of nitrogens with one attached hydrogen (secondary N) is 1. The number of carboxylic acid groups (broad SMARTS) is 1. The zero-order valence-corrected chi connectivity index (χ0v) is 10.2. The van der Waals surface area contributed by atoms with Crippen molar-refractivity contribution >= 4 is 11.9 Å². The van der Waals surface area contributed by atoms with Gasteiger partial charge in [-0.3, -0.25) is 9.59 Å². The first-order valence-electron chi connectivity index (χ1n) is 5.74. The number of carboxylic acids is 1. The number of hydrogen-bond donors (Lipinski definition) is 3. The molecule has 2 atom stereocenters. The van der Waals surface area contributed by atoms with Gasteiger partial charge in [0, 0.05) is 13.2 Å². The molecular formula is C11H20N2O4. The summed E-state index contributed by atoms with van der Waals surface area (Å²) in [5.41, 5.74) is 4.86. The molecular weight excluding hydrogens is 224 g/mol. The fourth-order valence-electron chi connectivity index (χ4n) is 1.75. The van der Waals surface area contributed by atoms with Gasteiger partial charge in [-0.25, -0.2) is 0 Å². The highest BCUT2D eigenvalue weighted by Crippen LogP contribution is 2.16. The van der Waals surface area contributed by atoms with Gasteiger partial charge in [0.25, 0.3) is 0 Å². The van der Waals surface area contributed by atoms with Gasteiger partial charge in [-0.1, -0.05) is 13.8 Å². The molecule has 0 saturated carbocycles. The van der Waals surface area contributed by atoms with Gasteiger partial charge >= 0.3 is 5.97 Å². The van der Waals surface area contributed by atoms with Crippen LogP contribution in [0.25, 0.3) is 0 Å². The zero-order valence-electron chi connectivity index (χ0n) is 10.2. The molecule has 6 nitrogen and oxygen atoms in total. The number of rotatable bonds is 5. The van der Waals surface area contributed by atoms with Crippen molar-refractivity contribution in [2.75, 3.05) is 19.8 Å². The minimum Gasteiger partial charge on any atom is -0.481 e. The minimum atomic E-state index is -1.000. The van der Waals surface area contributed by atoms with Crippen LogP contribution in [0.1, 0.15) is 20.3 Å². The molecule has 1 saturated heterocycles. The maximum atomic E-state index is 11.8. The molecule has 0 bridgehead atoms. The predicted octanol–water partition coefficient (Wildman–Crippen LogP) is -0.423. The van der Waals surface area contributed by atoms with Gasteiger partial charge in [-0.05, 0) is 12.3 Å². The minimum absolute atomic E-state index is 0.0404. The van der Waals surface area contributed by atoms with Crippen LogP contribution in [-0.2, 0) is 14.3 Å². The summed E-state index contributed by atoms with van der Waals surface area (Å²) < 4.78 is 5.08. The number of amides is 1. The van der Waals surface area contributed by atoms with Gasteiger partial charge in [0.1, 0.15) is 5.54 Å². The van der Waals surface area contributed by atoms with Crippen molar-refractivity contribution in [3.8, 4) is 0 Å². The number of carbonyl (C=O) groups is 2. The lowest BCUT2D eigenvalue weighted by molar-refractivity contribution is -0.143. The molecule has 0 radical (unpaired) electrons. The fourth-order valence-corrected chi connectivity index (χ4v) is 1.75. The lowest BCUT2D eigenvalue weighted by atomic mass is 9.94. The molecule has 1 aliphatic rings. The largest absolute Gasteiger partial charge is 0.481 e. The maximum absolute atomic E-state index is 11.8. The Bertz CT molecular complexity index is 298. The second-order valence-electron chi connectivity index (χ2n) is 4.86. The number of carbonyl (C=O) groups excluding carboxylic acids is 1. The van der Waals surface area contributed by atoms with Gasteiger partial charge in [-0.15, -0.1) is 0 Å². The van der Waals surface area contributed by atoms with E-state index >= 15 is 0 Å². The standard InChI is InChI=1S/C11H20N2O4/c1-7(2)8(9(14)15)5-13-10(16)11(12)3-4-17-6-11/h7-8H,3-6,12H2,1-2H3,(H,13,16)(H,14,15). The van der Waals surface area contributed by atoms with E-state index in [-0.39, 0.29) is 25.0 Å². The summed E-state index contributed by atoms with van der Waals surface area (Å²) in [6.07, 6.45) is 0.470. The van der Waals surface area contributed by atoms with E-state index in [9.17, 15) is 9.59 Å². The highest BCUT2D eigenvalue weighted by molar-refractivity contribution is 5.87. The topological polar surface area (TPSA) is 102 Å². The van der Waals surface area contributed by atoms with Gasteiger partial charge in [-0.2, -0.15) is 0 Å². The summed E-state index contributed by atoms with van der Waals surface area (Å²) in [4.78, 5) is 22.8. The van der Waals surface area contributed by atoms with E-state index in [1.54, 1.807) is 0 Å². The number of aliphatic carboxylic acids is 1. The Kier molecular flexibility index (Phi) is 4.47. The Balaban J connectivity index is 2.49. The van der Waals surface area contributed by atoms with E-state index in [1.807, 2.05) is 13.8 Å². The quantitative estimate of drug-likeness (QED) is 0.609. The van der Waals surface area contributed by atoms with Crippen LogP contribution in [0.3, 0.4) is 0 Å². The summed E-state index contributed by atoms with van der Waals surface area (Å²) in [6.45, 7) is 4.38. The summed E-state index contributed by atoms with van der Waals surface area (Å²) in [6, 6.07) is 0. The van der Waals surface area contributed by atoms with Crippen molar-refractivity contribution in [1.29, 1.82) is 0 Å². The van der Waals surface area contributed by atoms with Crippen LogP contribution in [0.2, 0.25) is 0 Å². The average Bonchev–Trinajstić information content (AvgIpc) is 2.65. The van der Waals surface area contributed by atoms with Crippen LogP contribution < -0.4 is 11.1 Å². The summed E-state index contributed by atoms with van der Waals surface area (Å²) >= 11 is 0. The van der Waals surface area contributed by atoms with Crippen LogP contribution in [0.15, 0.2) is 0 Å². The highest BCUT2D eigenvalue weighted by Gasteiger charge is 2.38. The molecule has 17 heavy (non-hydrogen) atoms. The first kappa shape index (κ1) is 13.9. The molecule has 98 valence electrons. The Morgan fingerprint density at radius 3 is 2.59 bits per heavy atom. The third-order valence-electron chi connectivity index (χ3n) is 3.11. The fraction of sp³-hybridized carbons (Fsp3) is 0.818. The molecule has 2 unspecified atom stereocenters. The zero-order chi connectivity index (χ0) is 13.1. The van der Waals surface area contributed by atoms with E-state index in [1.165, 1.54) is 0 Å². The monoisotopic (exact) mass is 244 g/mol.